The number of hydrogen-bond acceptors (Lipinski definition) is 5. The van der Waals surface area contributed by atoms with Gasteiger partial charge in [0.05, 0.1) is 12.2 Å². The number of hydrogen-bond donors (Lipinski definition) is 2. The topological polar surface area (TPSA) is 76.8 Å². The zero-order chi connectivity index (χ0) is 24.7. The van der Waals surface area contributed by atoms with Crippen LogP contribution in [0.1, 0.15) is 37.5 Å². The van der Waals surface area contributed by atoms with E-state index in [1.165, 1.54) is 17.2 Å². The summed E-state index contributed by atoms with van der Waals surface area (Å²) in [5.74, 6) is 0.101. The molecule has 0 amide bonds. The minimum Gasteiger partial charge on any atom is -0.324 e. The summed E-state index contributed by atoms with van der Waals surface area (Å²) in [6.45, 7) is 11.8. The van der Waals surface area contributed by atoms with Gasteiger partial charge in [0, 0.05) is 18.4 Å². The number of nitrogens with zero attached hydrogens (tertiary/aromatic N) is 4. The van der Waals surface area contributed by atoms with Crippen LogP contribution in [0.5, 0.6) is 0 Å². The van der Waals surface area contributed by atoms with Crippen molar-refractivity contribution in [1.29, 1.82) is 0 Å². The Hall–Kier alpha value is -3.78. The van der Waals surface area contributed by atoms with E-state index in [9.17, 15) is 9.18 Å². The molecule has 35 heavy (non-hydrogen) atoms. The van der Waals surface area contributed by atoms with E-state index < -0.39 is 5.41 Å². The first-order valence-corrected chi connectivity index (χ1v) is 11.8. The van der Waals surface area contributed by atoms with E-state index >= 15 is 0 Å². The highest BCUT2D eigenvalue weighted by atomic mass is 19.1. The molecule has 7 nitrogen and oxygen atoms in total. The van der Waals surface area contributed by atoms with Gasteiger partial charge in [-0.3, -0.25) is 4.79 Å². The lowest BCUT2D eigenvalue weighted by Gasteiger charge is -2.21. The van der Waals surface area contributed by atoms with E-state index in [2.05, 4.69) is 34.3 Å². The molecule has 8 heteroatoms. The van der Waals surface area contributed by atoms with Crippen molar-refractivity contribution < 1.29 is 4.39 Å². The van der Waals surface area contributed by atoms with Gasteiger partial charge in [-0.25, -0.2) is 18.7 Å². The summed E-state index contributed by atoms with van der Waals surface area (Å²) >= 11 is 0. The first-order chi connectivity index (χ1) is 16.8. The number of rotatable bonds is 5. The smallest absolute Gasteiger partial charge is 0.278 e. The first kappa shape index (κ1) is 23.0. The lowest BCUT2D eigenvalue weighted by Crippen LogP contribution is -2.23. The summed E-state index contributed by atoms with van der Waals surface area (Å²) in [7, 11) is 0. The highest BCUT2D eigenvalue weighted by molar-refractivity contribution is 5.77. The molecule has 0 saturated heterocycles. The Morgan fingerprint density at radius 2 is 2.03 bits per heavy atom. The molecular formula is C27H29FN6O. The van der Waals surface area contributed by atoms with Gasteiger partial charge in [0.1, 0.15) is 11.2 Å². The summed E-state index contributed by atoms with van der Waals surface area (Å²) in [6.07, 6.45) is 4.16. The van der Waals surface area contributed by atoms with Crippen LogP contribution in [-0.2, 0) is 24.9 Å². The molecule has 0 radical (unpaired) electrons. The van der Waals surface area contributed by atoms with Crippen LogP contribution in [0.4, 0.5) is 16.0 Å². The summed E-state index contributed by atoms with van der Waals surface area (Å²) < 4.78 is 17.9. The summed E-state index contributed by atoms with van der Waals surface area (Å²) in [5.41, 5.74) is 4.50. The second-order valence-electron chi connectivity index (χ2n) is 9.87. The van der Waals surface area contributed by atoms with Gasteiger partial charge < -0.3 is 10.6 Å². The molecule has 1 aliphatic heterocycles. The third-order valence-electron chi connectivity index (χ3n) is 6.33. The normalized spacial score (nSPS) is 13.6. The number of aromatic nitrogens is 4. The Morgan fingerprint density at radius 3 is 2.80 bits per heavy atom. The molecule has 0 unspecified atom stereocenters. The largest absolute Gasteiger partial charge is 0.324 e. The maximum atomic E-state index is 14.6. The monoisotopic (exact) mass is 472 g/mol. The summed E-state index contributed by atoms with van der Waals surface area (Å²) in [6, 6.07) is 11.1. The first-order valence-electron chi connectivity index (χ1n) is 11.8. The molecule has 5 rings (SSSR count). The standard InChI is InChI=1S/C27H29FN6O/c1-5-12-33-25(35)21-16-30-26(31-19-7-6-18-15-29-11-10-17(18)13-19)32-24(21)34(33)20-8-9-23(28)22(14-20)27(2,3)4/h5-9,13-14,16,29H,1,10-12,15H2,2-4H3,(H,30,31,32). The van der Waals surface area contributed by atoms with Gasteiger partial charge in [0.2, 0.25) is 5.95 Å². The van der Waals surface area contributed by atoms with Crippen molar-refractivity contribution in [3.05, 3.63) is 88.1 Å². The predicted octanol–water partition coefficient (Wildman–Crippen LogP) is 4.59. The Bertz CT molecular complexity index is 1490. The molecule has 0 spiro atoms. The molecule has 4 aromatic rings. The van der Waals surface area contributed by atoms with Crippen molar-refractivity contribution in [2.45, 2.75) is 45.7 Å². The van der Waals surface area contributed by atoms with Crippen molar-refractivity contribution in [2.75, 3.05) is 11.9 Å². The number of fused-ring (bicyclic) bond motifs is 2. The third-order valence-corrected chi connectivity index (χ3v) is 6.33. The minimum atomic E-state index is -0.406. The number of allylic oxidation sites excluding steroid dienone is 1. The average molecular weight is 473 g/mol. The molecule has 0 atom stereocenters. The van der Waals surface area contributed by atoms with E-state index in [0.29, 0.717) is 28.2 Å². The molecule has 2 aromatic carbocycles. The number of benzene rings is 2. The molecule has 0 saturated carbocycles. The molecule has 180 valence electrons. The van der Waals surface area contributed by atoms with Crippen molar-refractivity contribution in [3.8, 4) is 5.69 Å². The Balaban J connectivity index is 1.63. The van der Waals surface area contributed by atoms with E-state index in [1.807, 2.05) is 26.8 Å². The quantitative estimate of drug-likeness (QED) is 0.416. The van der Waals surface area contributed by atoms with Gasteiger partial charge in [-0.15, -0.1) is 6.58 Å². The Kier molecular flexibility index (Phi) is 5.76. The van der Waals surface area contributed by atoms with E-state index in [0.717, 1.165) is 25.2 Å². The van der Waals surface area contributed by atoms with Crippen molar-refractivity contribution in [2.24, 2.45) is 0 Å². The summed E-state index contributed by atoms with van der Waals surface area (Å²) in [4.78, 5) is 22.3. The number of halogens is 1. The zero-order valence-corrected chi connectivity index (χ0v) is 20.2. The molecule has 2 N–H and O–H groups in total. The SMILES string of the molecule is C=CCn1c(=O)c2cnc(Nc3ccc4c(c3)CCNC4)nc2n1-c1ccc(F)c(C(C)(C)C)c1. The lowest BCUT2D eigenvalue weighted by molar-refractivity contribution is 0.520. The minimum absolute atomic E-state index is 0.227. The van der Waals surface area contributed by atoms with Crippen LogP contribution >= 0.6 is 0 Å². The average Bonchev–Trinajstić information content (AvgIpc) is 3.10. The van der Waals surface area contributed by atoms with E-state index in [1.54, 1.807) is 33.8 Å². The van der Waals surface area contributed by atoms with Gasteiger partial charge in [0.15, 0.2) is 5.65 Å². The predicted molar refractivity (Wildman–Crippen MR) is 137 cm³/mol. The maximum absolute atomic E-state index is 14.6. The van der Waals surface area contributed by atoms with Crippen LogP contribution in [0.25, 0.3) is 16.7 Å². The van der Waals surface area contributed by atoms with Crippen LogP contribution < -0.4 is 16.2 Å². The molecule has 2 aromatic heterocycles. The fourth-order valence-corrected chi connectivity index (χ4v) is 4.54. The van der Waals surface area contributed by atoms with Gasteiger partial charge in [-0.2, -0.15) is 4.98 Å². The second kappa shape index (κ2) is 8.78. The van der Waals surface area contributed by atoms with Crippen LogP contribution in [0, 0.1) is 5.82 Å². The molecule has 3 heterocycles. The van der Waals surface area contributed by atoms with Crippen LogP contribution in [0.2, 0.25) is 0 Å². The van der Waals surface area contributed by atoms with E-state index in [4.69, 9.17) is 4.98 Å². The highest BCUT2D eigenvalue weighted by Crippen LogP contribution is 2.28. The van der Waals surface area contributed by atoms with Crippen molar-refractivity contribution in [1.82, 2.24) is 24.6 Å². The van der Waals surface area contributed by atoms with Crippen LogP contribution in [0.3, 0.4) is 0 Å². The fourth-order valence-electron chi connectivity index (χ4n) is 4.54. The van der Waals surface area contributed by atoms with Crippen molar-refractivity contribution >= 4 is 22.7 Å². The highest BCUT2D eigenvalue weighted by Gasteiger charge is 2.22. The van der Waals surface area contributed by atoms with Gasteiger partial charge in [-0.05, 0) is 65.4 Å². The van der Waals surface area contributed by atoms with Crippen LogP contribution in [0.15, 0.2) is 60.0 Å². The van der Waals surface area contributed by atoms with Gasteiger partial charge >= 0.3 is 0 Å². The third kappa shape index (κ3) is 4.25. The molecule has 1 aliphatic rings. The lowest BCUT2D eigenvalue weighted by atomic mass is 9.86. The Morgan fingerprint density at radius 1 is 1.20 bits per heavy atom. The molecule has 0 aliphatic carbocycles. The number of anilines is 2. The van der Waals surface area contributed by atoms with E-state index in [-0.39, 0.29) is 17.9 Å². The second-order valence-corrected chi connectivity index (χ2v) is 9.87. The molecular weight excluding hydrogens is 443 g/mol. The molecule has 0 bridgehead atoms. The fraction of sp³-hybridized carbons (Fsp3) is 0.296. The van der Waals surface area contributed by atoms with Crippen LogP contribution in [-0.4, -0.2) is 25.9 Å². The zero-order valence-electron chi connectivity index (χ0n) is 20.2. The van der Waals surface area contributed by atoms with Gasteiger partial charge in [-0.1, -0.05) is 32.9 Å². The maximum Gasteiger partial charge on any atom is 0.278 e. The van der Waals surface area contributed by atoms with Crippen molar-refractivity contribution in [3.63, 3.8) is 0 Å². The molecule has 0 fully saturated rings. The number of nitrogens with one attached hydrogen (secondary N) is 2. The Labute approximate surface area is 203 Å². The summed E-state index contributed by atoms with van der Waals surface area (Å²) in [5, 5.41) is 7.04. The van der Waals surface area contributed by atoms with Gasteiger partial charge in [0.25, 0.3) is 5.56 Å².